The Morgan fingerprint density at radius 3 is 2.00 bits per heavy atom. The lowest BCUT2D eigenvalue weighted by Crippen LogP contribution is -2.53. The number of hydrogen-bond donors (Lipinski definition) is 0. The van der Waals surface area contributed by atoms with Crippen molar-refractivity contribution in [3.63, 3.8) is 0 Å². The summed E-state index contributed by atoms with van der Waals surface area (Å²) in [5, 5.41) is 0. The molecule has 1 aromatic heterocycles. The fourth-order valence-electron chi connectivity index (χ4n) is 1.97. The minimum atomic E-state index is -4.86. The molecule has 1 aromatic rings. The first-order valence-electron chi connectivity index (χ1n) is 5.95. The van der Waals surface area contributed by atoms with Crippen LogP contribution in [0.5, 0.6) is 0 Å². The van der Waals surface area contributed by atoms with Gasteiger partial charge in [-0.1, -0.05) is 0 Å². The van der Waals surface area contributed by atoms with Crippen molar-refractivity contribution < 1.29 is 22.8 Å². The molecule has 1 saturated heterocycles. The number of pyridine rings is 1. The zero-order valence-electron chi connectivity index (χ0n) is 10.4. The lowest BCUT2D eigenvalue weighted by molar-refractivity contribution is -0.186. The van der Waals surface area contributed by atoms with E-state index in [1.165, 1.54) is 29.4 Å². The fourth-order valence-corrected chi connectivity index (χ4v) is 1.97. The lowest BCUT2D eigenvalue weighted by Gasteiger charge is -2.35. The van der Waals surface area contributed by atoms with Gasteiger partial charge in [-0.2, -0.15) is 13.2 Å². The fraction of sp³-hybridized carbons (Fsp3) is 0.417. The molecule has 20 heavy (non-hydrogen) atoms. The van der Waals surface area contributed by atoms with Gasteiger partial charge in [0.05, 0.1) is 0 Å². The van der Waals surface area contributed by atoms with Gasteiger partial charge in [0.1, 0.15) is 0 Å². The maximum atomic E-state index is 12.3. The summed E-state index contributed by atoms with van der Waals surface area (Å²) < 4.78 is 36.8. The molecule has 8 heteroatoms. The van der Waals surface area contributed by atoms with Crippen LogP contribution in [0.25, 0.3) is 0 Å². The highest BCUT2D eigenvalue weighted by Gasteiger charge is 2.43. The van der Waals surface area contributed by atoms with Gasteiger partial charge < -0.3 is 9.80 Å². The molecule has 1 fully saturated rings. The van der Waals surface area contributed by atoms with Crippen LogP contribution in [0.1, 0.15) is 10.4 Å². The number of carbonyl (C=O) groups excluding carboxylic acids is 2. The number of alkyl halides is 3. The molecule has 0 spiro atoms. The van der Waals surface area contributed by atoms with Crippen molar-refractivity contribution >= 4 is 11.8 Å². The van der Waals surface area contributed by atoms with Crippen LogP contribution in [0.2, 0.25) is 0 Å². The predicted molar refractivity (Wildman–Crippen MR) is 62.8 cm³/mol. The van der Waals surface area contributed by atoms with Gasteiger partial charge in [-0.15, -0.1) is 0 Å². The third-order valence-corrected chi connectivity index (χ3v) is 3.02. The van der Waals surface area contributed by atoms with Crippen LogP contribution in [0.3, 0.4) is 0 Å². The molecule has 0 unspecified atom stereocenters. The Hall–Kier alpha value is -2.12. The highest BCUT2D eigenvalue weighted by atomic mass is 19.4. The average molecular weight is 287 g/mol. The Balaban J connectivity index is 1.95. The lowest BCUT2D eigenvalue weighted by atomic mass is 10.2. The molecule has 0 N–H and O–H groups in total. The second kappa shape index (κ2) is 5.48. The summed E-state index contributed by atoms with van der Waals surface area (Å²) in [6, 6.07) is 3.07. The van der Waals surface area contributed by atoms with Gasteiger partial charge in [0.2, 0.25) is 0 Å². The first kappa shape index (κ1) is 14.3. The van der Waals surface area contributed by atoms with Crippen LogP contribution in [0, 0.1) is 0 Å². The van der Waals surface area contributed by atoms with Gasteiger partial charge >= 0.3 is 12.1 Å². The van der Waals surface area contributed by atoms with E-state index in [0.29, 0.717) is 5.56 Å². The number of carbonyl (C=O) groups is 2. The summed E-state index contributed by atoms with van der Waals surface area (Å²) in [4.78, 5) is 29.0. The maximum Gasteiger partial charge on any atom is 0.471 e. The van der Waals surface area contributed by atoms with Crippen LogP contribution in [0.4, 0.5) is 13.2 Å². The number of halogens is 3. The molecule has 108 valence electrons. The van der Waals surface area contributed by atoms with Gasteiger partial charge in [0.25, 0.3) is 5.91 Å². The van der Waals surface area contributed by atoms with Gasteiger partial charge in [0, 0.05) is 44.1 Å². The molecule has 0 radical (unpaired) electrons. The van der Waals surface area contributed by atoms with Crippen molar-refractivity contribution in [3.05, 3.63) is 30.1 Å². The summed E-state index contributed by atoms with van der Waals surface area (Å²) in [6.45, 7) is -0.0592. The number of piperazine rings is 1. The maximum absolute atomic E-state index is 12.3. The SMILES string of the molecule is O=C(c1ccncc1)N1CCN(C(=O)C(F)(F)F)CC1. The Kier molecular flexibility index (Phi) is 3.91. The zero-order chi connectivity index (χ0) is 14.8. The normalized spacial score (nSPS) is 16.1. The standard InChI is InChI=1S/C12H12F3N3O2/c13-12(14,15)11(20)18-7-5-17(6-8-18)10(19)9-1-3-16-4-2-9/h1-4H,5-8H2. The minimum absolute atomic E-state index is 0.0863. The number of hydrogen-bond acceptors (Lipinski definition) is 3. The Labute approximate surface area is 113 Å². The summed E-state index contributed by atoms with van der Waals surface area (Å²) in [7, 11) is 0. The summed E-state index contributed by atoms with van der Waals surface area (Å²) in [5.41, 5.74) is 0.426. The topological polar surface area (TPSA) is 53.5 Å². The van der Waals surface area contributed by atoms with Gasteiger partial charge in [-0.25, -0.2) is 0 Å². The molecule has 2 heterocycles. The summed E-state index contributed by atoms with van der Waals surface area (Å²) in [5.74, 6) is -2.12. The van der Waals surface area contributed by atoms with Crippen LogP contribution in [-0.2, 0) is 4.79 Å². The molecule has 0 atom stereocenters. The number of rotatable bonds is 1. The minimum Gasteiger partial charge on any atom is -0.335 e. The van der Waals surface area contributed by atoms with Crippen molar-refractivity contribution in [3.8, 4) is 0 Å². The van der Waals surface area contributed by atoms with Crippen LogP contribution < -0.4 is 0 Å². The Morgan fingerprint density at radius 1 is 1.00 bits per heavy atom. The molecule has 0 aliphatic carbocycles. The molecule has 0 bridgehead atoms. The second-order valence-corrected chi connectivity index (χ2v) is 4.32. The molecule has 0 saturated carbocycles. The highest BCUT2D eigenvalue weighted by molar-refractivity contribution is 5.94. The van der Waals surface area contributed by atoms with Gasteiger partial charge in [-0.05, 0) is 12.1 Å². The van der Waals surface area contributed by atoms with E-state index in [2.05, 4.69) is 4.98 Å². The average Bonchev–Trinajstić information content (AvgIpc) is 2.46. The molecule has 1 aliphatic heterocycles. The van der Waals surface area contributed by atoms with E-state index in [9.17, 15) is 22.8 Å². The smallest absolute Gasteiger partial charge is 0.335 e. The van der Waals surface area contributed by atoms with E-state index >= 15 is 0 Å². The van der Waals surface area contributed by atoms with Crippen LogP contribution in [-0.4, -0.2) is 59.0 Å². The third kappa shape index (κ3) is 3.06. The van der Waals surface area contributed by atoms with E-state index in [1.807, 2.05) is 0 Å². The molecule has 1 aliphatic rings. The van der Waals surface area contributed by atoms with E-state index in [4.69, 9.17) is 0 Å². The van der Waals surface area contributed by atoms with E-state index in [-0.39, 0.29) is 32.1 Å². The number of amides is 2. The second-order valence-electron chi connectivity index (χ2n) is 4.32. The van der Waals surface area contributed by atoms with Gasteiger partial charge in [-0.3, -0.25) is 14.6 Å². The first-order chi connectivity index (χ1) is 9.39. The predicted octanol–water partition coefficient (Wildman–Crippen LogP) is 0.928. The molecular weight excluding hydrogens is 275 g/mol. The zero-order valence-corrected chi connectivity index (χ0v) is 10.4. The molecular formula is C12H12F3N3O2. The van der Waals surface area contributed by atoms with Crippen molar-refractivity contribution in [1.29, 1.82) is 0 Å². The molecule has 2 amide bonds. The molecule has 0 aromatic carbocycles. The van der Waals surface area contributed by atoms with Crippen molar-refractivity contribution in [1.82, 2.24) is 14.8 Å². The van der Waals surface area contributed by atoms with Crippen LogP contribution >= 0.6 is 0 Å². The van der Waals surface area contributed by atoms with E-state index < -0.39 is 12.1 Å². The Morgan fingerprint density at radius 2 is 1.50 bits per heavy atom. The largest absolute Gasteiger partial charge is 0.471 e. The summed E-state index contributed by atoms with van der Waals surface area (Å²) >= 11 is 0. The monoisotopic (exact) mass is 287 g/mol. The van der Waals surface area contributed by atoms with Gasteiger partial charge in [0.15, 0.2) is 0 Å². The Bertz CT molecular complexity index is 496. The molecule has 2 rings (SSSR count). The van der Waals surface area contributed by atoms with Crippen molar-refractivity contribution in [2.45, 2.75) is 6.18 Å². The van der Waals surface area contributed by atoms with E-state index in [0.717, 1.165) is 4.90 Å². The summed E-state index contributed by atoms with van der Waals surface area (Å²) in [6.07, 6.45) is -1.93. The highest BCUT2D eigenvalue weighted by Crippen LogP contribution is 2.19. The first-order valence-corrected chi connectivity index (χ1v) is 5.95. The third-order valence-electron chi connectivity index (χ3n) is 3.02. The number of aromatic nitrogens is 1. The quantitative estimate of drug-likeness (QED) is 0.772. The number of nitrogens with zero attached hydrogens (tertiary/aromatic N) is 3. The molecule has 5 nitrogen and oxygen atoms in total. The van der Waals surface area contributed by atoms with Crippen LogP contribution in [0.15, 0.2) is 24.5 Å². The van der Waals surface area contributed by atoms with E-state index in [1.54, 1.807) is 0 Å². The van der Waals surface area contributed by atoms with Crippen molar-refractivity contribution in [2.24, 2.45) is 0 Å². The van der Waals surface area contributed by atoms with Crippen molar-refractivity contribution in [2.75, 3.05) is 26.2 Å².